The molecule has 0 amide bonds. The zero-order valence-electron chi connectivity index (χ0n) is 20.3. The number of hydrogen-bond donors (Lipinski definition) is 0. The van der Waals surface area contributed by atoms with Crippen LogP contribution < -0.4 is 0 Å². The first-order valence-corrected chi connectivity index (χ1v) is 12.1. The number of aryl methyl sites for hydroxylation is 4. The minimum Gasteiger partial charge on any atom is -0.385 e. The molecule has 4 aromatic carbocycles. The lowest BCUT2D eigenvalue weighted by atomic mass is 9.96. The summed E-state index contributed by atoms with van der Waals surface area (Å²) in [6.45, 7) is 0.548. The van der Waals surface area contributed by atoms with Crippen LogP contribution in [0.15, 0.2) is 66.7 Å². The fourth-order valence-corrected chi connectivity index (χ4v) is 4.49. The minimum absolute atomic E-state index is 0.0786. The molecule has 0 fully saturated rings. The summed E-state index contributed by atoms with van der Waals surface area (Å²) in [5.74, 6) is -1.30. The summed E-state index contributed by atoms with van der Waals surface area (Å²) in [7, 11) is 1.60. The molecule has 0 N–H and O–H groups in total. The number of rotatable bonds is 10. The second-order valence-corrected chi connectivity index (χ2v) is 9.04. The van der Waals surface area contributed by atoms with Gasteiger partial charge in [-0.2, -0.15) is 5.26 Å². The molecule has 0 bridgehead atoms. The Balaban J connectivity index is 1.43. The molecule has 0 unspecified atom stereocenters. The van der Waals surface area contributed by atoms with Crippen LogP contribution >= 0.6 is 0 Å². The molecule has 0 atom stereocenters. The Morgan fingerprint density at radius 1 is 0.722 bits per heavy atom. The number of halogens is 3. The van der Waals surface area contributed by atoms with Gasteiger partial charge >= 0.3 is 0 Å². The molecular weight excluding hydrogens is 459 g/mol. The number of benzene rings is 4. The summed E-state index contributed by atoms with van der Waals surface area (Å²) < 4.78 is 49.3. The fraction of sp³-hybridized carbons (Fsp3) is 0.258. The summed E-state index contributed by atoms with van der Waals surface area (Å²) in [4.78, 5) is 0. The van der Waals surface area contributed by atoms with E-state index < -0.39 is 11.6 Å². The van der Waals surface area contributed by atoms with Gasteiger partial charge in [-0.05, 0) is 90.4 Å². The Bertz CT molecular complexity index is 1370. The van der Waals surface area contributed by atoms with Crippen LogP contribution in [-0.4, -0.2) is 13.7 Å². The smallest absolute Gasteiger partial charge is 0.134 e. The summed E-state index contributed by atoms with van der Waals surface area (Å²) >= 11 is 0. The zero-order valence-corrected chi connectivity index (χ0v) is 20.3. The summed E-state index contributed by atoms with van der Waals surface area (Å²) in [6.07, 6.45) is 3.18. The maximum absolute atomic E-state index is 15.2. The van der Waals surface area contributed by atoms with Gasteiger partial charge in [0.15, 0.2) is 0 Å². The minimum atomic E-state index is -0.527. The predicted octanol–water partition coefficient (Wildman–Crippen LogP) is 7.28. The van der Waals surface area contributed by atoms with Crippen molar-refractivity contribution in [2.45, 2.75) is 38.5 Å². The SMILES string of the molecule is COCCCc1cc(F)c(CCc2ccc3c(F)c(CCc4ccc(C#N)cc4)ccc3c2)c(F)c1. The topological polar surface area (TPSA) is 33.0 Å². The maximum Gasteiger partial charge on any atom is 0.134 e. The Kier molecular flexibility index (Phi) is 8.40. The highest BCUT2D eigenvalue weighted by Crippen LogP contribution is 2.25. The van der Waals surface area contributed by atoms with E-state index >= 15 is 4.39 Å². The molecule has 0 aliphatic heterocycles. The average molecular weight is 488 g/mol. The number of ether oxygens (including phenoxy) is 1. The van der Waals surface area contributed by atoms with Crippen LogP contribution in [0.5, 0.6) is 0 Å². The van der Waals surface area contributed by atoms with Crippen molar-refractivity contribution in [1.82, 2.24) is 0 Å². The van der Waals surface area contributed by atoms with Gasteiger partial charge in [0.05, 0.1) is 11.6 Å². The quantitative estimate of drug-likeness (QED) is 0.220. The maximum atomic E-state index is 15.2. The summed E-state index contributed by atoms with van der Waals surface area (Å²) in [5, 5.41) is 10.2. The Morgan fingerprint density at radius 2 is 1.42 bits per heavy atom. The highest BCUT2D eigenvalue weighted by Gasteiger charge is 2.13. The molecule has 5 heteroatoms. The van der Waals surface area contributed by atoms with Crippen LogP contribution in [0.2, 0.25) is 0 Å². The second kappa shape index (κ2) is 11.9. The highest BCUT2D eigenvalue weighted by atomic mass is 19.1. The van der Waals surface area contributed by atoms with Crippen molar-refractivity contribution in [1.29, 1.82) is 5.26 Å². The van der Waals surface area contributed by atoms with Gasteiger partial charge in [0, 0.05) is 24.7 Å². The second-order valence-electron chi connectivity index (χ2n) is 9.04. The number of hydrogen-bond acceptors (Lipinski definition) is 2. The van der Waals surface area contributed by atoms with Crippen LogP contribution in [0.1, 0.15) is 39.8 Å². The summed E-state index contributed by atoms with van der Waals surface area (Å²) in [6, 6.07) is 21.4. The van der Waals surface area contributed by atoms with E-state index in [1.807, 2.05) is 30.3 Å². The molecule has 36 heavy (non-hydrogen) atoms. The van der Waals surface area contributed by atoms with Crippen molar-refractivity contribution in [3.63, 3.8) is 0 Å². The van der Waals surface area contributed by atoms with E-state index in [1.54, 1.807) is 31.4 Å². The molecule has 2 nitrogen and oxygen atoms in total. The molecule has 0 aliphatic rings. The van der Waals surface area contributed by atoms with E-state index in [-0.39, 0.29) is 17.8 Å². The Hall–Kier alpha value is -3.62. The van der Waals surface area contributed by atoms with Crippen LogP contribution in [0.4, 0.5) is 13.2 Å². The normalized spacial score (nSPS) is 11.1. The highest BCUT2D eigenvalue weighted by molar-refractivity contribution is 5.84. The average Bonchev–Trinajstić information content (AvgIpc) is 2.88. The standard InChI is InChI=1S/C31H28F3NO/c1-36-16-2-3-24-18-29(32)28(30(33)19-24)15-10-22-9-14-27-26(17-22)13-12-25(31(27)34)11-8-21-4-6-23(20-35)7-5-21/h4-7,9,12-14,17-19H,2-3,8,10-11,15-16H2,1H3. The van der Waals surface area contributed by atoms with Crippen LogP contribution in [0.3, 0.4) is 0 Å². The lowest BCUT2D eigenvalue weighted by Crippen LogP contribution is -2.02. The van der Waals surface area contributed by atoms with Gasteiger partial charge in [-0.15, -0.1) is 0 Å². The van der Waals surface area contributed by atoms with E-state index in [9.17, 15) is 8.78 Å². The number of nitriles is 1. The number of fused-ring (bicyclic) bond motifs is 1. The van der Waals surface area contributed by atoms with Crippen molar-refractivity contribution in [3.05, 3.63) is 118 Å². The largest absolute Gasteiger partial charge is 0.385 e. The third-order valence-corrected chi connectivity index (χ3v) is 6.54. The molecule has 0 aromatic heterocycles. The van der Waals surface area contributed by atoms with E-state index in [0.717, 1.165) is 16.5 Å². The zero-order chi connectivity index (χ0) is 25.5. The number of methoxy groups -OCH3 is 1. The Morgan fingerprint density at radius 3 is 2.11 bits per heavy atom. The molecule has 4 aromatic rings. The lowest BCUT2D eigenvalue weighted by Gasteiger charge is -2.11. The van der Waals surface area contributed by atoms with E-state index in [0.29, 0.717) is 60.8 Å². The molecular formula is C31H28F3NO. The molecule has 4 rings (SSSR count). The van der Waals surface area contributed by atoms with E-state index in [2.05, 4.69) is 6.07 Å². The predicted molar refractivity (Wildman–Crippen MR) is 136 cm³/mol. The molecule has 0 saturated carbocycles. The summed E-state index contributed by atoms with van der Waals surface area (Å²) in [5.41, 5.74) is 3.89. The first-order chi connectivity index (χ1) is 17.5. The lowest BCUT2D eigenvalue weighted by molar-refractivity contribution is 0.195. The van der Waals surface area contributed by atoms with Gasteiger partial charge in [-0.1, -0.05) is 42.5 Å². The van der Waals surface area contributed by atoms with Crippen molar-refractivity contribution >= 4 is 10.8 Å². The first kappa shape index (κ1) is 25.5. The van der Waals surface area contributed by atoms with E-state index in [4.69, 9.17) is 10.00 Å². The van der Waals surface area contributed by atoms with Gasteiger partial charge in [0.2, 0.25) is 0 Å². The van der Waals surface area contributed by atoms with Crippen molar-refractivity contribution in [2.24, 2.45) is 0 Å². The molecule has 0 spiro atoms. The third kappa shape index (κ3) is 6.13. The van der Waals surface area contributed by atoms with Gasteiger partial charge < -0.3 is 4.74 Å². The van der Waals surface area contributed by atoms with E-state index in [1.165, 1.54) is 12.1 Å². The van der Waals surface area contributed by atoms with Gasteiger partial charge in [0.1, 0.15) is 17.5 Å². The third-order valence-electron chi connectivity index (χ3n) is 6.54. The van der Waals surface area contributed by atoms with Gasteiger partial charge in [-0.25, -0.2) is 13.2 Å². The molecule has 184 valence electrons. The fourth-order valence-electron chi connectivity index (χ4n) is 4.49. The number of nitrogens with zero attached hydrogens (tertiary/aromatic N) is 1. The van der Waals surface area contributed by atoms with Gasteiger partial charge in [0.25, 0.3) is 0 Å². The molecule has 0 aliphatic carbocycles. The monoisotopic (exact) mass is 487 g/mol. The van der Waals surface area contributed by atoms with Crippen molar-refractivity contribution in [3.8, 4) is 6.07 Å². The molecule has 0 saturated heterocycles. The first-order valence-electron chi connectivity index (χ1n) is 12.1. The van der Waals surface area contributed by atoms with Crippen LogP contribution in [0, 0.1) is 28.8 Å². The van der Waals surface area contributed by atoms with Crippen molar-refractivity contribution in [2.75, 3.05) is 13.7 Å². The Labute approximate surface area is 210 Å². The van der Waals surface area contributed by atoms with Crippen molar-refractivity contribution < 1.29 is 17.9 Å². The van der Waals surface area contributed by atoms with Crippen LogP contribution in [0.25, 0.3) is 10.8 Å². The van der Waals surface area contributed by atoms with Crippen LogP contribution in [-0.2, 0) is 36.8 Å². The molecule has 0 radical (unpaired) electrons. The molecule has 0 heterocycles. The van der Waals surface area contributed by atoms with Gasteiger partial charge in [-0.3, -0.25) is 0 Å².